The molecular formula is C24H17ClN2O2S2. The van der Waals surface area contributed by atoms with Gasteiger partial charge < -0.3 is 4.74 Å². The second kappa shape index (κ2) is 8.38. The van der Waals surface area contributed by atoms with Crippen LogP contribution in [0.3, 0.4) is 0 Å². The van der Waals surface area contributed by atoms with E-state index in [1.54, 1.807) is 12.0 Å². The van der Waals surface area contributed by atoms with E-state index in [1.807, 2.05) is 78.9 Å². The number of hydrogen-bond acceptors (Lipinski definition) is 5. The molecule has 7 heteroatoms. The Hall–Kier alpha value is -2.80. The van der Waals surface area contributed by atoms with Gasteiger partial charge in [-0.05, 0) is 53.6 Å². The molecule has 1 aliphatic rings. The maximum Gasteiger partial charge on any atom is 0.267 e. The number of amides is 1. The van der Waals surface area contributed by atoms with Crippen molar-refractivity contribution >= 4 is 62.0 Å². The van der Waals surface area contributed by atoms with Gasteiger partial charge in [-0.15, -0.1) is 0 Å². The van der Waals surface area contributed by atoms with Crippen molar-refractivity contribution in [3.63, 3.8) is 0 Å². The van der Waals surface area contributed by atoms with E-state index in [1.165, 1.54) is 23.1 Å². The standard InChI is InChI=1S/C24H17ClN2O2S2/c1-29-18-12-8-16(9-13-18)23-27(24-26-19-4-2-3-5-20(19)31-24)22(28)21(30-23)14-15-6-10-17(25)11-7-15/h2-14,23H,1H3/b21-14-. The molecule has 0 saturated carbocycles. The number of carbonyl (C=O) groups is 1. The van der Waals surface area contributed by atoms with E-state index in [0.29, 0.717) is 15.1 Å². The van der Waals surface area contributed by atoms with Crippen LogP contribution < -0.4 is 9.64 Å². The lowest BCUT2D eigenvalue weighted by molar-refractivity contribution is -0.114. The van der Waals surface area contributed by atoms with Crippen LogP contribution in [0.15, 0.2) is 77.7 Å². The number of thiazole rings is 1. The molecule has 4 aromatic rings. The summed E-state index contributed by atoms with van der Waals surface area (Å²) in [7, 11) is 1.64. The summed E-state index contributed by atoms with van der Waals surface area (Å²) >= 11 is 9.06. The Morgan fingerprint density at radius 2 is 1.77 bits per heavy atom. The van der Waals surface area contributed by atoms with Crippen LogP contribution in [-0.4, -0.2) is 18.0 Å². The van der Waals surface area contributed by atoms with Crippen molar-refractivity contribution in [2.75, 3.05) is 12.0 Å². The summed E-state index contributed by atoms with van der Waals surface area (Å²) in [5.41, 5.74) is 2.83. The zero-order chi connectivity index (χ0) is 21.4. The van der Waals surface area contributed by atoms with Gasteiger partial charge in [0.2, 0.25) is 0 Å². The Balaban J connectivity index is 1.58. The summed E-state index contributed by atoms with van der Waals surface area (Å²) in [5, 5.41) is 1.15. The first-order valence-electron chi connectivity index (χ1n) is 9.59. The second-order valence-corrected chi connectivity index (χ2v) is 9.51. The lowest BCUT2D eigenvalue weighted by Crippen LogP contribution is -2.27. The Labute approximate surface area is 193 Å². The molecule has 1 unspecified atom stereocenters. The molecule has 4 nitrogen and oxygen atoms in total. The highest BCUT2D eigenvalue weighted by Crippen LogP contribution is 2.49. The van der Waals surface area contributed by atoms with Crippen LogP contribution in [0, 0.1) is 0 Å². The zero-order valence-corrected chi connectivity index (χ0v) is 18.9. The van der Waals surface area contributed by atoms with E-state index < -0.39 is 0 Å². The SMILES string of the molecule is COc1ccc(C2S/C(=C\c3ccc(Cl)cc3)C(=O)N2c2nc3ccccc3s2)cc1. The Morgan fingerprint density at radius 3 is 2.48 bits per heavy atom. The van der Waals surface area contributed by atoms with E-state index in [9.17, 15) is 4.79 Å². The summed E-state index contributed by atoms with van der Waals surface area (Å²) in [6, 6.07) is 23.2. The monoisotopic (exact) mass is 464 g/mol. The summed E-state index contributed by atoms with van der Waals surface area (Å²) in [6.45, 7) is 0. The molecule has 5 rings (SSSR count). The van der Waals surface area contributed by atoms with E-state index in [4.69, 9.17) is 21.3 Å². The van der Waals surface area contributed by atoms with Gasteiger partial charge in [-0.3, -0.25) is 9.69 Å². The molecule has 3 aromatic carbocycles. The summed E-state index contributed by atoms with van der Waals surface area (Å²) in [5.74, 6) is 0.723. The number of carbonyl (C=O) groups excluding carboxylic acids is 1. The number of aromatic nitrogens is 1. The predicted octanol–water partition coefficient (Wildman–Crippen LogP) is 6.78. The predicted molar refractivity (Wildman–Crippen MR) is 130 cm³/mol. The quantitative estimate of drug-likeness (QED) is 0.312. The van der Waals surface area contributed by atoms with Gasteiger partial charge in [-0.1, -0.05) is 71.1 Å². The van der Waals surface area contributed by atoms with Crippen LogP contribution in [0.4, 0.5) is 5.13 Å². The van der Waals surface area contributed by atoms with Crippen LogP contribution in [0.2, 0.25) is 5.02 Å². The van der Waals surface area contributed by atoms with E-state index >= 15 is 0 Å². The van der Waals surface area contributed by atoms with Crippen molar-refractivity contribution in [3.05, 3.63) is 93.9 Å². The first-order valence-corrected chi connectivity index (χ1v) is 11.7. The molecule has 0 radical (unpaired) electrons. The van der Waals surface area contributed by atoms with Crippen LogP contribution >= 0.6 is 34.7 Å². The molecule has 1 atom stereocenters. The van der Waals surface area contributed by atoms with Crippen molar-refractivity contribution in [2.45, 2.75) is 5.37 Å². The molecular weight excluding hydrogens is 448 g/mol. The highest BCUT2D eigenvalue weighted by molar-refractivity contribution is 8.05. The van der Waals surface area contributed by atoms with Crippen LogP contribution in [0.25, 0.3) is 16.3 Å². The van der Waals surface area contributed by atoms with Crippen LogP contribution in [0.1, 0.15) is 16.5 Å². The number of benzene rings is 3. The summed E-state index contributed by atoms with van der Waals surface area (Å²) < 4.78 is 6.35. The minimum Gasteiger partial charge on any atom is -0.497 e. The van der Waals surface area contributed by atoms with E-state index in [2.05, 4.69) is 0 Å². The number of halogens is 1. The molecule has 0 spiro atoms. The van der Waals surface area contributed by atoms with Gasteiger partial charge >= 0.3 is 0 Å². The normalized spacial score (nSPS) is 17.6. The third-order valence-electron chi connectivity index (χ3n) is 4.96. The van der Waals surface area contributed by atoms with Gasteiger partial charge in [0.05, 0.1) is 22.2 Å². The van der Waals surface area contributed by atoms with Crippen LogP contribution in [-0.2, 0) is 4.79 Å². The number of methoxy groups -OCH3 is 1. The molecule has 1 saturated heterocycles. The largest absolute Gasteiger partial charge is 0.497 e. The van der Waals surface area contributed by atoms with Gasteiger partial charge in [-0.2, -0.15) is 0 Å². The highest BCUT2D eigenvalue weighted by Gasteiger charge is 2.40. The Morgan fingerprint density at radius 1 is 1.03 bits per heavy atom. The summed E-state index contributed by atoms with van der Waals surface area (Å²) in [6.07, 6.45) is 1.91. The van der Waals surface area contributed by atoms with Crippen molar-refractivity contribution in [1.82, 2.24) is 4.98 Å². The van der Waals surface area contributed by atoms with Crippen molar-refractivity contribution in [3.8, 4) is 5.75 Å². The number of para-hydroxylation sites is 1. The molecule has 154 valence electrons. The molecule has 0 bridgehead atoms. The molecule has 1 aliphatic heterocycles. The Kier molecular flexibility index (Phi) is 5.44. The first-order chi connectivity index (χ1) is 15.1. The number of rotatable bonds is 4. The molecule has 31 heavy (non-hydrogen) atoms. The number of thioether (sulfide) groups is 1. The number of hydrogen-bond donors (Lipinski definition) is 0. The molecule has 0 N–H and O–H groups in total. The summed E-state index contributed by atoms with van der Waals surface area (Å²) in [4.78, 5) is 20.7. The fourth-order valence-electron chi connectivity index (χ4n) is 3.39. The van der Waals surface area contributed by atoms with E-state index in [0.717, 1.165) is 27.1 Å². The topological polar surface area (TPSA) is 42.4 Å². The van der Waals surface area contributed by atoms with Gasteiger partial charge in [0.1, 0.15) is 11.1 Å². The van der Waals surface area contributed by atoms with Crippen molar-refractivity contribution in [2.24, 2.45) is 0 Å². The fourth-order valence-corrected chi connectivity index (χ4v) is 5.81. The number of anilines is 1. The number of ether oxygens (including phenoxy) is 1. The van der Waals surface area contributed by atoms with E-state index in [-0.39, 0.29) is 11.3 Å². The lowest BCUT2D eigenvalue weighted by Gasteiger charge is -2.21. The van der Waals surface area contributed by atoms with Crippen molar-refractivity contribution < 1.29 is 9.53 Å². The maximum absolute atomic E-state index is 13.5. The second-order valence-electron chi connectivity index (χ2n) is 6.94. The molecule has 2 heterocycles. The molecule has 0 aliphatic carbocycles. The van der Waals surface area contributed by atoms with Crippen molar-refractivity contribution in [1.29, 1.82) is 0 Å². The molecule has 1 amide bonds. The average molecular weight is 465 g/mol. The van der Waals surface area contributed by atoms with Gasteiger partial charge in [0, 0.05) is 5.02 Å². The van der Waals surface area contributed by atoms with Gasteiger partial charge in [0.15, 0.2) is 5.13 Å². The Bertz CT molecular complexity index is 1250. The molecule has 1 aromatic heterocycles. The van der Waals surface area contributed by atoms with Gasteiger partial charge in [0.25, 0.3) is 5.91 Å². The van der Waals surface area contributed by atoms with Gasteiger partial charge in [-0.25, -0.2) is 4.98 Å². The third kappa shape index (κ3) is 3.94. The third-order valence-corrected chi connectivity index (χ3v) is 7.50. The minimum atomic E-state index is -0.211. The minimum absolute atomic E-state index is 0.0557. The number of nitrogens with zero attached hydrogens (tertiary/aromatic N) is 2. The fraction of sp³-hybridized carbons (Fsp3) is 0.0833. The zero-order valence-electron chi connectivity index (χ0n) is 16.5. The number of fused-ring (bicyclic) bond motifs is 1. The highest BCUT2D eigenvalue weighted by atomic mass is 35.5. The maximum atomic E-state index is 13.5. The lowest BCUT2D eigenvalue weighted by atomic mass is 10.2. The molecule has 1 fully saturated rings. The van der Waals surface area contributed by atoms with Crippen LogP contribution in [0.5, 0.6) is 5.75 Å². The first kappa shape index (κ1) is 20.1. The smallest absolute Gasteiger partial charge is 0.267 e. The average Bonchev–Trinajstić information content (AvgIpc) is 3.36.